The fourth-order valence-electron chi connectivity index (χ4n) is 2.90. The third-order valence-electron chi connectivity index (χ3n) is 4.34. The lowest BCUT2D eigenvalue weighted by atomic mass is 9.82. The summed E-state index contributed by atoms with van der Waals surface area (Å²) < 4.78 is 19.9. The lowest BCUT2D eigenvalue weighted by molar-refractivity contribution is 0.0798. The number of ether oxygens (including phenoxy) is 1. The van der Waals surface area contributed by atoms with Crippen molar-refractivity contribution in [2.75, 3.05) is 19.7 Å². The van der Waals surface area contributed by atoms with Gasteiger partial charge in [0, 0.05) is 11.5 Å². The number of rotatable bonds is 3. The number of piperidine rings is 1. The van der Waals surface area contributed by atoms with E-state index in [4.69, 9.17) is 10.5 Å². The maximum absolute atomic E-state index is 14.0. The molecular formula is C14H21FN4O. The topological polar surface area (TPSA) is 71.7 Å². The van der Waals surface area contributed by atoms with E-state index in [9.17, 15) is 4.39 Å². The molecule has 0 radical (unpaired) electrons. The standard InChI is InChI=1S/C14H21FN4O/c1-14(2-4-17-5-3-14)8-20-9-6-10(15)12-11(7-9)18-19-13(12)16/h6-7,11-12,17-18H,2-5,8H2,1H3,(H2,16,19). The monoisotopic (exact) mass is 280 g/mol. The second-order valence-electron chi connectivity index (χ2n) is 6.12. The lowest BCUT2D eigenvalue weighted by Gasteiger charge is -2.34. The zero-order valence-corrected chi connectivity index (χ0v) is 11.7. The minimum absolute atomic E-state index is 0.159. The second-order valence-corrected chi connectivity index (χ2v) is 6.12. The lowest BCUT2D eigenvalue weighted by Crippen LogP contribution is -2.38. The van der Waals surface area contributed by atoms with Gasteiger partial charge in [0.1, 0.15) is 17.4 Å². The number of halogens is 1. The molecule has 110 valence electrons. The Morgan fingerprint density at radius 1 is 1.50 bits per heavy atom. The highest BCUT2D eigenvalue weighted by Gasteiger charge is 2.36. The molecule has 2 aliphatic heterocycles. The van der Waals surface area contributed by atoms with Gasteiger partial charge < -0.3 is 21.2 Å². The number of hydrogen-bond donors (Lipinski definition) is 3. The van der Waals surface area contributed by atoms with Crippen LogP contribution in [0.15, 0.2) is 28.8 Å². The quantitative estimate of drug-likeness (QED) is 0.721. The molecule has 0 aromatic rings. The van der Waals surface area contributed by atoms with Crippen LogP contribution in [0.1, 0.15) is 19.8 Å². The average Bonchev–Trinajstić information content (AvgIpc) is 2.80. The van der Waals surface area contributed by atoms with Crippen molar-refractivity contribution in [3.8, 4) is 0 Å². The van der Waals surface area contributed by atoms with Gasteiger partial charge in [0.25, 0.3) is 0 Å². The SMILES string of the molecule is CC1(COC2=CC3NN=C(N)C3C(F)=C2)CCNCC1. The molecule has 1 aliphatic carbocycles. The van der Waals surface area contributed by atoms with Crippen LogP contribution in [0.4, 0.5) is 4.39 Å². The van der Waals surface area contributed by atoms with Crippen LogP contribution in [0.25, 0.3) is 0 Å². The van der Waals surface area contributed by atoms with Crippen LogP contribution in [0.3, 0.4) is 0 Å². The highest BCUT2D eigenvalue weighted by molar-refractivity contribution is 5.88. The third-order valence-corrected chi connectivity index (χ3v) is 4.34. The molecule has 20 heavy (non-hydrogen) atoms. The Labute approximate surface area is 118 Å². The number of nitrogens with two attached hydrogens (primary N) is 1. The number of hydrogen-bond acceptors (Lipinski definition) is 5. The minimum atomic E-state index is -0.475. The van der Waals surface area contributed by atoms with Crippen molar-refractivity contribution in [2.45, 2.75) is 25.8 Å². The Hall–Kier alpha value is -1.56. The Kier molecular flexibility index (Phi) is 3.41. The van der Waals surface area contributed by atoms with E-state index in [0.717, 1.165) is 25.9 Å². The fourth-order valence-corrected chi connectivity index (χ4v) is 2.90. The van der Waals surface area contributed by atoms with Crippen LogP contribution >= 0.6 is 0 Å². The predicted octanol–water partition coefficient (Wildman–Crippen LogP) is 1.00. The largest absolute Gasteiger partial charge is 0.493 e. The first-order valence-corrected chi connectivity index (χ1v) is 7.08. The number of nitrogens with one attached hydrogen (secondary N) is 2. The average molecular weight is 280 g/mol. The molecule has 0 spiro atoms. The van der Waals surface area contributed by atoms with Gasteiger partial charge in [0.2, 0.25) is 0 Å². The number of fused-ring (bicyclic) bond motifs is 1. The molecule has 0 bridgehead atoms. The van der Waals surface area contributed by atoms with E-state index in [1.54, 1.807) is 0 Å². The van der Waals surface area contributed by atoms with Gasteiger partial charge in [-0.15, -0.1) is 0 Å². The first kappa shape index (κ1) is 13.4. The van der Waals surface area contributed by atoms with E-state index in [1.807, 2.05) is 6.08 Å². The maximum atomic E-state index is 14.0. The van der Waals surface area contributed by atoms with Crippen molar-refractivity contribution >= 4 is 5.84 Å². The van der Waals surface area contributed by atoms with Crippen molar-refractivity contribution in [1.82, 2.24) is 10.7 Å². The minimum Gasteiger partial charge on any atom is -0.493 e. The predicted molar refractivity (Wildman–Crippen MR) is 75.5 cm³/mol. The zero-order valence-electron chi connectivity index (χ0n) is 11.7. The number of amidine groups is 1. The molecule has 0 aromatic carbocycles. The zero-order chi connectivity index (χ0) is 14.2. The Balaban J connectivity index is 1.63. The van der Waals surface area contributed by atoms with Gasteiger partial charge in [0.15, 0.2) is 0 Å². The van der Waals surface area contributed by atoms with Crippen molar-refractivity contribution in [1.29, 1.82) is 0 Å². The van der Waals surface area contributed by atoms with Gasteiger partial charge in [-0.05, 0) is 32.0 Å². The molecule has 4 N–H and O–H groups in total. The Morgan fingerprint density at radius 3 is 3.00 bits per heavy atom. The second kappa shape index (κ2) is 5.09. The highest BCUT2D eigenvalue weighted by Crippen LogP contribution is 2.32. The molecule has 0 saturated carbocycles. The van der Waals surface area contributed by atoms with E-state index >= 15 is 0 Å². The van der Waals surface area contributed by atoms with E-state index in [2.05, 4.69) is 22.8 Å². The van der Waals surface area contributed by atoms with Crippen LogP contribution in [0.5, 0.6) is 0 Å². The summed E-state index contributed by atoms with van der Waals surface area (Å²) in [6, 6.07) is -0.226. The van der Waals surface area contributed by atoms with Gasteiger partial charge >= 0.3 is 0 Å². The van der Waals surface area contributed by atoms with Crippen LogP contribution in [0.2, 0.25) is 0 Å². The van der Waals surface area contributed by atoms with Gasteiger partial charge in [0.05, 0.1) is 18.6 Å². The van der Waals surface area contributed by atoms with Gasteiger partial charge in [-0.2, -0.15) is 5.10 Å². The molecule has 2 unspecified atom stereocenters. The van der Waals surface area contributed by atoms with Gasteiger partial charge in [-0.25, -0.2) is 4.39 Å². The van der Waals surface area contributed by atoms with Crippen LogP contribution in [-0.4, -0.2) is 31.6 Å². The summed E-state index contributed by atoms with van der Waals surface area (Å²) in [5, 5.41) is 7.22. The molecular weight excluding hydrogens is 259 g/mol. The maximum Gasteiger partial charge on any atom is 0.132 e. The summed E-state index contributed by atoms with van der Waals surface area (Å²) in [4.78, 5) is 0. The van der Waals surface area contributed by atoms with E-state index in [-0.39, 0.29) is 17.3 Å². The Morgan fingerprint density at radius 2 is 2.25 bits per heavy atom. The molecule has 1 fully saturated rings. The fraction of sp³-hybridized carbons (Fsp3) is 0.643. The van der Waals surface area contributed by atoms with Crippen LogP contribution in [-0.2, 0) is 4.74 Å². The van der Waals surface area contributed by atoms with Gasteiger partial charge in [-0.3, -0.25) is 0 Å². The van der Waals surface area contributed by atoms with Gasteiger partial charge in [-0.1, -0.05) is 6.92 Å². The van der Waals surface area contributed by atoms with Crippen molar-refractivity contribution < 1.29 is 9.13 Å². The number of nitrogens with zero attached hydrogens (tertiary/aromatic N) is 1. The molecule has 6 heteroatoms. The van der Waals surface area contributed by atoms with Crippen molar-refractivity contribution in [3.05, 3.63) is 23.7 Å². The van der Waals surface area contributed by atoms with E-state index < -0.39 is 5.92 Å². The van der Waals surface area contributed by atoms with Crippen LogP contribution < -0.4 is 16.5 Å². The molecule has 3 rings (SSSR count). The summed E-state index contributed by atoms with van der Waals surface area (Å²) in [5.41, 5.74) is 8.66. The van der Waals surface area contributed by atoms with Crippen LogP contribution in [0, 0.1) is 11.3 Å². The Bertz CT molecular complexity index is 480. The van der Waals surface area contributed by atoms with E-state index in [0.29, 0.717) is 18.2 Å². The third kappa shape index (κ3) is 2.52. The molecule has 5 nitrogen and oxygen atoms in total. The molecule has 0 aromatic heterocycles. The van der Waals surface area contributed by atoms with Crippen molar-refractivity contribution in [3.63, 3.8) is 0 Å². The molecule has 2 heterocycles. The molecule has 1 saturated heterocycles. The summed E-state index contributed by atoms with van der Waals surface area (Å²) in [7, 11) is 0. The van der Waals surface area contributed by atoms with Crippen molar-refractivity contribution in [2.24, 2.45) is 22.2 Å². The van der Waals surface area contributed by atoms with E-state index in [1.165, 1.54) is 6.08 Å². The summed E-state index contributed by atoms with van der Waals surface area (Å²) in [5.74, 6) is 0.108. The molecule has 0 amide bonds. The normalized spacial score (nSPS) is 31.6. The number of allylic oxidation sites excluding steroid dienone is 1. The molecule has 2 atom stereocenters. The smallest absolute Gasteiger partial charge is 0.132 e. The number of hydrazone groups is 1. The molecule has 3 aliphatic rings. The highest BCUT2D eigenvalue weighted by atomic mass is 19.1. The summed E-state index contributed by atoms with van der Waals surface area (Å²) in [6.45, 7) is 4.85. The first-order chi connectivity index (χ1) is 9.57. The summed E-state index contributed by atoms with van der Waals surface area (Å²) in [6.07, 6.45) is 5.45. The first-order valence-electron chi connectivity index (χ1n) is 7.08. The summed E-state index contributed by atoms with van der Waals surface area (Å²) >= 11 is 0.